The molecule has 1 saturated heterocycles. The molecule has 1 rings (SSSR count). The van der Waals surface area contributed by atoms with Gasteiger partial charge in [0.2, 0.25) is 17.7 Å². The number of aliphatic hydroxyl groups excluding tert-OH is 1. The van der Waals surface area contributed by atoms with E-state index < -0.39 is 66.4 Å². The third-order valence-electron chi connectivity index (χ3n) is 5.21. The van der Waals surface area contributed by atoms with Crippen molar-refractivity contribution in [1.82, 2.24) is 15.5 Å². The molecule has 0 radical (unpaired) electrons. The Kier molecular flexibility index (Phi) is 10.5. The fourth-order valence-corrected chi connectivity index (χ4v) is 3.54. The number of rotatable bonds is 12. The number of carboxylic acids is 2. The van der Waals surface area contributed by atoms with Crippen molar-refractivity contribution in [3.8, 4) is 0 Å². The summed E-state index contributed by atoms with van der Waals surface area (Å²) in [7, 11) is 0. The van der Waals surface area contributed by atoms with Crippen LogP contribution in [0.4, 0.5) is 0 Å². The summed E-state index contributed by atoms with van der Waals surface area (Å²) in [6, 6.07) is -4.61. The minimum Gasteiger partial charge on any atom is -0.481 e. The predicted octanol–water partition coefficient (Wildman–Crippen LogP) is -1.35. The highest BCUT2D eigenvalue weighted by atomic mass is 16.4. The molecule has 0 spiro atoms. The molecule has 12 nitrogen and oxygen atoms in total. The monoisotopic (exact) mass is 458 g/mol. The molecule has 0 aromatic rings. The van der Waals surface area contributed by atoms with Gasteiger partial charge in [-0.25, -0.2) is 4.79 Å². The summed E-state index contributed by atoms with van der Waals surface area (Å²) in [5.41, 5.74) is 5.85. The summed E-state index contributed by atoms with van der Waals surface area (Å²) in [4.78, 5) is 61.4. The van der Waals surface area contributed by atoms with Crippen LogP contribution in [-0.4, -0.2) is 86.7 Å². The fraction of sp³-hybridized carbons (Fsp3) is 0.750. The first-order valence-corrected chi connectivity index (χ1v) is 10.6. The number of aliphatic hydroxyl groups is 1. The Balaban J connectivity index is 2.90. The predicted molar refractivity (Wildman–Crippen MR) is 112 cm³/mol. The van der Waals surface area contributed by atoms with Gasteiger partial charge >= 0.3 is 11.9 Å². The van der Waals surface area contributed by atoms with E-state index in [1.807, 2.05) is 13.8 Å². The number of carbonyl (C=O) groups is 5. The van der Waals surface area contributed by atoms with Gasteiger partial charge in [0.1, 0.15) is 18.1 Å². The van der Waals surface area contributed by atoms with E-state index in [4.69, 9.17) is 10.8 Å². The molecule has 0 aliphatic carbocycles. The summed E-state index contributed by atoms with van der Waals surface area (Å²) in [5, 5.41) is 32.8. The van der Waals surface area contributed by atoms with Crippen LogP contribution in [-0.2, 0) is 24.0 Å². The first-order valence-electron chi connectivity index (χ1n) is 10.6. The zero-order valence-electron chi connectivity index (χ0n) is 18.6. The minimum absolute atomic E-state index is 0.145. The minimum atomic E-state index is -1.42. The quantitative estimate of drug-likeness (QED) is 0.204. The van der Waals surface area contributed by atoms with Crippen molar-refractivity contribution in [1.29, 1.82) is 0 Å². The zero-order valence-corrected chi connectivity index (χ0v) is 18.6. The largest absolute Gasteiger partial charge is 0.481 e. The third kappa shape index (κ3) is 8.08. The molecule has 3 amide bonds. The summed E-state index contributed by atoms with van der Waals surface area (Å²) in [6.07, 6.45) is -0.910. The summed E-state index contributed by atoms with van der Waals surface area (Å²) < 4.78 is 0. The number of nitrogens with two attached hydrogens (primary N) is 1. The molecule has 1 aliphatic heterocycles. The summed E-state index contributed by atoms with van der Waals surface area (Å²) >= 11 is 0. The van der Waals surface area contributed by atoms with Gasteiger partial charge in [-0.1, -0.05) is 13.8 Å². The van der Waals surface area contributed by atoms with Gasteiger partial charge in [0.05, 0.1) is 12.1 Å². The summed E-state index contributed by atoms with van der Waals surface area (Å²) in [6.45, 7) is 5.28. The van der Waals surface area contributed by atoms with E-state index in [1.165, 1.54) is 11.8 Å². The topological polar surface area (TPSA) is 199 Å². The van der Waals surface area contributed by atoms with E-state index in [1.54, 1.807) is 0 Å². The number of likely N-dealkylation sites (tertiary alicyclic amines) is 1. The fourth-order valence-electron chi connectivity index (χ4n) is 3.54. The van der Waals surface area contributed by atoms with Crippen LogP contribution in [0.1, 0.15) is 52.9 Å². The zero-order chi connectivity index (χ0) is 24.6. The highest BCUT2D eigenvalue weighted by molar-refractivity contribution is 5.94. The van der Waals surface area contributed by atoms with Gasteiger partial charge in [-0.05, 0) is 38.5 Å². The van der Waals surface area contributed by atoms with Crippen LogP contribution in [0.15, 0.2) is 0 Å². The molecule has 1 fully saturated rings. The first-order chi connectivity index (χ1) is 14.8. The third-order valence-corrected chi connectivity index (χ3v) is 5.21. The molecule has 7 N–H and O–H groups in total. The smallest absolute Gasteiger partial charge is 0.326 e. The Hall–Kier alpha value is -2.73. The van der Waals surface area contributed by atoms with Gasteiger partial charge < -0.3 is 36.6 Å². The molecule has 0 aromatic carbocycles. The van der Waals surface area contributed by atoms with E-state index >= 15 is 0 Å². The Morgan fingerprint density at radius 1 is 1.09 bits per heavy atom. The second-order valence-electron chi connectivity index (χ2n) is 8.48. The molecule has 0 bridgehead atoms. The number of carboxylic acid groups (broad SMARTS) is 2. The van der Waals surface area contributed by atoms with Gasteiger partial charge in [-0.3, -0.25) is 19.2 Å². The molecule has 0 saturated carbocycles. The number of hydrogen-bond donors (Lipinski definition) is 6. The lowest BCUT2D eigenvalue weighted by atomic mass is 10.0. The van der Waals surface area contributed by atoms with Gasteiger partial charge in [0.15, 0.2) is 0 Å². The molecule has 5 atom stereocenters. The van der Waals surface area contributed by atoms with Gasteiger partial charge in [0.25, 0.3) is 0 Å². The Bertz CT molecular complexity index is 712. The van der Waals surface area contributed by atoms with Crippen molar-refractivity contribution in [2.45, 2.75) is 83.1 Å². The van der Waals surface area contributed by atoms with E-state index in [9.17, 15) is 34.2 Å². The molecule has 32 heavy (non-hydrogen) atoms. The first kappa shape index (κ1) is 27.3. The second-order valence-corrected chi connectivity index (χ2v) is 8.48. The van der Waals surface area contributed by atoms with Crippen LogP contribution in [0.25, 0.3) is 0 Å². The molecule has 5 unspecified atom stereocenters. The van der Waals surface area contributed by atoms with Crippen LogP contribution in [0, 0.1) is 5.92 Å². The van der Waals surface area contributed by atoms with Crippen molar-refractivity contribution in [3.05, 3.63) is 0 Å². The molecular formula is C20H34N4O8. The maximum atomic E-state index is 13.1. The average molecular weight is 459 g/mol. The normalized spacial score (nSPS) is 19.7. The van der Waals surface area contributed by atoms with Crippen molar-refractivity contribution in [2.75, 3.05) is 6.54 Å². The SMILES string of the molecule is CC(C)CC(N)C(=O)NC(C(=O)N1CCCC1C(=O)NC(CCC(=O)O)C(=O)O)C(C)O. The number of amides is 3. The molecule has 0 aromatic heterocycles. The van der Waals surface area contributed by atoms with E-state index in [-0.39, 0.29) is 25.3 Å². The Morgan fingerprint density at radius 2 is 1.72 bits per heavy atom. The molecule has 1 heterocycles. The number of nitrogens with one attached hydrogen (secondary N) is 2. The second kappa shape index (κ2) is 12.3. The maximum Gasteiger partial charge on any atom is 0.326 e. The molecular weight excluding hydrogens is 424 g/mol. The van der Waals surface area contributed by atoms with Crippen LogP contribution < -0.4 is 16.4 Å². The molecule has 12 heteroatoms. The van der Waals surface area contributed by atoms with Crippen LogP contribution in [0.3, 0.4) is 0 Å². The number of hydrogen-bond acceptors (Lipinski definition) is 7. The van der Waals surface area contributed by atoms with E-state index in [0.717, 1.165) is 0 Å². The lowest BCUT2D eigenvalue weighted by Gasteiger charge is -2.31. The van der Waals surface area contributed by atoms with Gasteiger partial charge in [0, 0.05) is 13.0 Å². The van der Waals surface area contributed by atoms with Crippen molar-refractivity contribution in [3.63, 3.8) is 0 Å². The van der Waals surface area contributed by atoms with Crippen LogP contribution in [0.2, 0.25) is 0 Å². The molecule has 1 aliphatic rings. The highest BCUT2D eigenvalue weighted by Gasteiger charge is 2.40. The van der Waals surface area contributed by atoms with E-state index in [2.05, 4.69) is 10.6 Å². The van der Waals surface area contributed by atoms with Crippen molar-refractivity contribution < 1.29 is 39.3 Å². The highest BCUT2D eigenvalue weighted by Crippen LogP contribution is 2.20. The lowest BCUT2D eigenvalue weighted by Crippen LogP contribution is -2.59. The average Bonchev–Trinajstić information content (AvgIpc) is 3.17. The lowest BCUT2D eigenvalue weighted by molar-refractivity contribution is -0.146. The Morgan fingerprint density at radius 3 is 2.22 bits per heavy atom. The van der Waals surface area contributed by atoms with Gasteiger partial charge in [-0.2, -0.15) is 0 Å². The van der Waals surface area contributed by atoms with Gasteiger partial charge in [-0.15, -0.1) is 0 Å². The number of aliphatic carboxylic acids is 2. The Labute approximate surface area is 186 Å². The van der Waals surface area contributed by atoms with Crippen LogP contribution in [0.5, 0.6) is 0 Å². The van der Waals surface area contributed by atoms with Crippen molar-refractivity contribution in [2.24, 2.45) is 11.7 Å². The standard InChI is InChI=1S/C20H34N4O8/c1-10(2)9-12(21)17(28)23-16(11(3)25)19(30)24-8-4-5-14(24)18(29)22-13(20(31)32)6-7-15(26)27/h10-14,16,25H,4-9,21H2,1-3H3,(H,22,29)(H,23,28)(H,26,27)(H,31,32). The molecule has 182 valence electrons. The van der Waals surface area contributed by atoms with Crippen LogP contribution >= 0.6 is 0 Å². The maximum absolute atomic E-state index is 13.1. The van der Waals surface area contributed by atoms with E-state index in [0.29, 0.717) is 12.8 Å². The number of nitrogens with zero attached hydrogens (tertiary/aromatic N) is 1. The number of carbonyl (C=O) groups excluding carboxylic acids is 3. The van der Waals surface area contributed by atoms with Crippen molar-refractivity contribution >= 4 is 29.7 Å². The summed E-state index contributed by atoms with van der Waals surface area (Å²) in [5.74, 6) is -4.46.